The van der Waals surface area contributed by atoms with Gasteiger partial charge in [0.15, 0.2) is 0 Å². The number of unbranched alkanes of at least 4 members (excludes halogenated alkanes) is 17. The Morgan fingerprint density at radius 3 is 1.28 bits per heavy atom. The van der Waals surface area contributed by atoms with Crippen LogP contribution in [0.4, 0.5) is 0 Å². The minimum atomic E-state index is -0.432. The molecule has 0 aromatic carbocycles. The lowest BCUT2D eigenvalue weighted by molar-refractivity contribution is -0.130. The van der Waals surface area contributed by atoms with Crippen LogP contribution in [0.2, 0.25) is 0 Å². The van der Waals surface area contributed by atoms with Gasteiger partial charge in [0.1, 0.15) is 11.6 Å². The number of carbonyl (C=O) groups excluding carboxylic acids is 2. The van der Waals surface area contributed by atoms with E-state index in [1.807, 2.05) is 0 Å². The first kappa shape index (κ1) is 28.3. The molecule has 2 nitrogen and oxygen atoms in total. The van der Waals surface area contributed by atoms with Crippen molar-refractivity contribution in [2.45, 2.75) is 149 Å². The summed E-state index contributed by atoms with van der Waals surface area (Å²) >= 11 is 0. The van der Waals surface area contributed by atoms with Crippen molar-refractivity contribution in [2.75, 3.05) is 0 Å². The van der Waals surface area contributed by atoms with Gasteiger partial charge in [0.2, 0.25) is 0 Å². The maximum Gasteiger partial charge on any atom is 0.143 e. The van der Waals surface area contributed by atoms with Crippen molar-refractivity contribution in [2.24, 2.45) is 5.92 Å². The molecule has 0 spiro atoms. The van der Waals surface area contributed by atoms with E-state index in [0.717, 1.165) is 32.1 Å². The summed E-state index contributed by atoms with van der Waals surface area (Å²) in [5.41, 5.74) is 0. The molecular weight excluding hydrogens is 356 g/mol. The molecule has 0 bridgehead atoms. The third-order valence-electron chi connectivity index (χ3n) is 6.15. The van der Waals surface area contributed by atoms with Crippen LogP contribution < -0.4 is 0 Å². The average molecular weight is 408 g/mol. The second-order valence-electron chi connectivity index (χ2n) is 9.03. The van der Waals surface area contributed by atoms with E-state index in [9.17, 15) is 9.59 Å². The summed E-state index contributed by atoms with van der Waals surface area (Å²) in [6.45, 7) is 8.06. The first-order valence-electron chi connectivity index (χ1n) is 13.0. The van der Waals surface area contributed by atoms with Crippen molar-refractivity contribution in [3.8, 4) is 0 Å². The van der Waals surface area contributed by atoms with E-state index in [0.29, 0.717) is 6.42 Å². The van der Waals surface area contributed by atoms with Crippen LogP contribution in [0, 0.1) is 12.8 Å². The summed E-state index contributed by atoms with van der Waals surface area (Å²) in [5, 5.41) is 0. The van der Waals surface area contributed by atoms with Gasteiger partial charge in [-0.25, -0.2) is 0 Å². The number of hydrogen-bond donors (Lipinski definition) is 0. The van der Waals surface area contributed by atoms with E-state index in [1.54, 1.807) is 0 Å². The minimum absolute atomic E-state index is 0.142. The maximum absolute atomic E-state index is 12.4. The van der Waals surface area contributed by atoms with Crippen molar-refractivity contribution in [3.63, 3.8) is 0 Å². The summed E-state index contributed by atoms with van der Waals surface area (Å²) < 4.78 is 0. The summed E-state index contributed by atoms with van der Waals surface area (Å²) in [6, 6.07) is 0. The molecular formula is C27H51O2. The number of Topliss-reactive ketones (excluding diaryl/α,β-unsaturated/α-hetero) is 2. The van der Waals surface area contributed by atoms with Gasteiger partial charge in [-0.15, -0.1) is 0 Å². The van der Waals surface area contributed by atoms with Gasteiger partial charge in [0, 0.05) is 13.3 Å². The normalized spacial score (nSPS) is 12.2. The zero-order valence-corrected chi connectivity index (χ0v) is 20.0. The molecule has 1 radical (unpaired) electrons. The standard InChI is InChI=1S/C27H51O2/c1-4-6-8-10-12-14-16-17-19-21-23-26(25(3)28)27(29)24-22-20-18-15-13-11-9-7-5-2/h26H,3-24H2,1-2H3. The van der Waals surface area contributed by atoms with Crippen LogP contribution in [-0.4, -0.2) is 11.6 Å². The summed E-state index contributed by atoms with van der Waals surface area (Å²) in [4.78, 5) is 24.2. The Bertz CT molecular complexity index is 375. The summed E-state index contributed by atoms with van der Waals surface area (Å²) in [6.07, 6.45) is 25.3. The Hall–Kier alpha value is -0.660. The lowest BCUT2D eigenvalue weighted by atomic mass is 9.90. The number of ketones is 2. The third kappa shape index (κ3) is 19.1. The van der Waals surface area contributed by atoms with Crippen LogP contribution in [0.5, 0.6) is 0 Å². The van der Waals surface area contributed by atoms with Crippen LogP contribution >= 0.6 is 0 Å². The molecule has 0 aliphatic carbocycles. The van der Waals surface area contributed by atoms with E-state index >= 15 is 0 Å². The topological polar surface area (TPSA) is 34.1 Å². The Balaban J connectivity index is 3.66. The largest absolute Gasteiger partial charge is 0.299 e. The van der Waals surface area contributed by atoms with Crippen LogP contribution in [0.1, 0.15) is 149 Å². The van der Waals surface area contributed by atoms with Crippen LogP contribution in [0.15, 0.2) is 0 Å². The molecule has 1 atom stereocenters. The smallest absolute Gasteiger partial charge is 0.143 e. The van der Waals surface area contributed by atoms with E-state index in [-0.39, 0.29) is 11.6 Å². The van der Waals surface area contributed by atoms with Crippen molar-refractivity contribution in [3.05, 3.63) is 6.92 Å². The molecule has 171 valence electrons. The van der Waals surface area contributed by atoms with Gasteiger partial charge in [-0.1, -0.05) is 129 Å². The lowest BCUT2D eigenvalue weighted by Crippen LogP contribution is -2.22. The molecule has 0 amide bonds. The zero-order valence-electron chi connectivity index (χ0n) is 20.0. The average Bonchev–Trinajstić information content (AvgIpc) is 2.70. The highest BCUT2D eigenvalue weighted by Crippen LogP contribution is 2.18. The number of hydrogen-bond acceptors (Lipinski definition) is 2. The molecule has 0 saturated heterocycles. The molecule has 1 unspecified atom stereocenters. The minimum Gasteiger partial charge on any atom is -0.299 e. The SMILES string of the molecule is [CH2]C(=O)C(CCCCCCCCCCCC)C(=O)CCCCCCCCCCC. The number of carbonyl (C=O) groups is 2. The van der Waals surface area contributed by atoms with Crippen molar-refractivity contribution in [1.82, 2.24) is 0 Å². The highest BCUT2D eigenvalue weighted by molar-refractivity contribution is 6.04. The highest BCUT2D eigenvalue weighted by atomic mass is 16.1. The molecule has 0 saturated carbocycles. The maximum atomic E-state index is 12.4. The van der Waals surface area contributed by atoms with Gasteiger partial charge in [-0.3, -0.25) is 9.59 Å². The highest BCUT2D eigenvalue weighted by Gasteiger charge is 2.21. The second-order valence-corrected chi connectivity index (χ2v) is 9.03. The third-order valence-corrected chi connectivity index (χ3v) is 6.15. The monoisotopic (exact) mass is 407 g/mol. The fourth-order valence-corrected chi connectivity index (χ4v) is 4.12. The zero-order chi connectivity index (χ0) is 21.6. The molecule has 0 aromatic rings. The molecule has 2 heteroatoms. The first-order chi connectivity index (χ1) is 14.1. The van der Waals surface area contributed by atoms with Gasteiger partial charge < -0.3 is 0 Å². The molecule has 0 rings (SSSR count). The molecule has 0 N–H and O–H groups in total. The quantitative estimate of drug-likeness (QED) is 0.125. The van der Waals surface area contributed by atoms with Crippen LogP contribution in [0.3, 0.4) is 0 Å². The van der Waals surface area contributed by atoms with E-state index in [4.69, 9.17) is 0 Å². The Kier molecular flexibility index (Phi) is 21.5. The van der Waals surface area contributed by atoms with Gasteiger partial charge in [-0.2, -0.15) is 0 Å². The Labute approximate surface area is 183 Å². The fraction of sp³-hybridized carbons (Fsp3) is 0.889. The predicted octanol–water partition coefficient (Wildman–Crippen LogP) is 8.81. The molecule has 0 aliphatic heterocycles. The summed E-state index contributed by atoms with van der Waals surface area (Å²) in [5.74, 6) is -0.455. The second kappa shape index (κ2) is 22.0. The first-order valence-corrected chi connectivity index (χ1v) is 13.0. The lowest BCUT2D eigenvalue weighted by Gasteiger charge is -2.12. The van der Waals surface area contributed by atoms with E-state index < -0.39 is 5.92 Å². The van der Waals surface area contributed by atoms with Crippen molar-refractivity contribution < 1.29 is 9.59 Å². The van der Waals surface area contributed by atoms with E-state index in [2.05, 4.69) is 20.8 Å². The Morgan fingerprint density at radius 1 is 0.552 bits per heavy atom. The molecule has 0 aliphatic rings. The predicted molar refractivity (Wildman–Crippen MR) is 127 cm³/mol. The van der Waals surface area contributed by atoms with E-state index in [1.165, 1.54) is 96.3 Å². The van der Waals surface area contributed by atoms with Crippen LogP contribution in [0.25, 0.3) is 0 Å². The number of rotatable bonds is 23. The Morgan fingerprint density at radius 2 is 0.897 bits per heavy atom. The van der Waals surface area contributed by atoms with Crippen LogP contribution in [-0.2, 0) is 9.59 Å². The molecule has 0 aromatic heterocycles. The van der Waals surface area contributed by atoms with Gasteiger partial charge >= 0.3 is 0 Å². The molecule has 29 heavy (non-hydrogen) atoms. The molecule has 0 heterocycles. The van der Waals surface area contributed by atoms with Crippen molar-refractivity contribution in [1.29, 1.82) is 0 Å². The fourth-order valence-electron chi connectivity index (χ4n) is 4.12. The van der Waals surface area contributed by atoms with Gasteiger partial charge in [0.25, 0.3) is 0 Å². The summed E-state index contributed by atoms with van der Waals surface area (Å²) in [7, 11) is 0. The molecule has 0 fully saturated rings. The van der Waals surface area contributed by atoms with Crippen molar-refractivity contribution >= 4 is 11.6 Å². The van der Waals surface area contributed by atoms with Gasteiger partial charge in [0.05, 0.1) is 5.92 Å². The van der Waals surface area contributed by atoms with Gasteiger partial charge in [-0.05, 0) is 12.8 Å².